The van der Waals surface area contributed by atoms with Crippen LogP contribution in [0.4, 0.5) is 5.69 Å². The molecule has 1 heterocycles. The van der Waals surface area contributed by atoms with Crippen LogP contribution in [0.25, 0.3) is 0 Å². The highest BCUT2D eigenvalue weighted by atomic mass is 16.5. The predicted molar refractivity (Wildman–Crippen MR) is 133 cm³/mol. The molecule has 3 aromatic rings. The molecule has 1 aliphatic rings. The number of aromatic nitrogens is 1. The molecule has 1 fully saturated rings. The lowest BCUT2D eigenvalue weighted by atomic mass is 9.98. The van der Waals surface area contributed by atoms with Crippen LogP contribution in [0.1, 0.15) is 65.7 Å². The van der Waals surface area contributed by atoms with E-state index in [0.29, 0.717) is 22.9 Å². The van der Waals surface area contributed by atoms with Crippen molar-refractivity contribution in [2.45, 2.75) is 51.0 Å². The van der Waals surface area contributed by atoms with Gasteiger partial charge in [-0.05, 0) is 68.1 Å². The molecule has 0 unspecified atom stereocenters. The lowest BCUT2D eigenvalue weighted by Crippen LogP contribution is -2.17. The van der Waals surface area contributed by atoms with Crippen molar-refractivity contribution in [3.05, 3.63) is 78.0 Å². The third-order valence-electron chi connectivity index (χ3n) is 5.98. The normalized spacial score (nSPS) is 14.3. The molecule has 0 saturated heterocycles. The quantitative estimate of drug-likeness (QED) is 0.399. The molecular formula is C28H30N2O5. The number of para-hydroxylation sites is 1. The number of pyridine rings is 1. The number of nitrogens with zero attached hydrogens (tertiary/aromatic N) is 1. The second-order valence-electron chi connectivity index (χ2n) is 8.53. The molecule has 0 spiro atoms. The number of carbonyl (C=O) groups excluding carboxylic acids is 2. The van der Waals surface area contributed by atoms with Gasteiger partial charge in [0.1, 0.15) is 11.5 Å². The van der Waals surface area contributed by atoms with Crippen LogP contribution in [0.5, 0.6) is 17.4 Å². The number of rotatable bonds is 7. The summed E-state index contributed by atoms with van der Waals surface area (Å²) in [5.41, 5.74) is 0.976. The Kier molecular flexibility index (Phi) is 8.33. The molecule has 0 aliphatic heterocycles. The maximum absolute atomic E-state index is 12.6. The van der Waals surface area contributed by atoms with E-state index in [0.717, 1.165) is 18.6 Å². The molecule has 7 nitrogen and oxygen atoms in total. The average molecular weight is 475 g/mol. The maximum atomic E-state index is 12.6. The lowest BCUT2D eigenvalue weighted by Gasteiger charge is -2.21. The first-order valence-electron chi connectivity index (χ1n) is 12.0. The van der Waals surface area contributed by atoms with E-state index in [4.69, 9.17) is 14.2 Å². The second-order valence-corrected chi connectivity index (χ2v) is 8.53. The molecule has 1 amide bonds. The predicted octanol–water partition coefficient (Wildman–Crippen LogP) is 6.40. The highest BCUT2D eigenvalue weighted by molar-refractivity contribution is 6.07. The molecule has 0 atom stereocenters. The molecule has 182 valence electrons. The fraction of sp³-hybridized carbons (Fsp3) is 0.321. The number of nitrogens with one attached hydrogen (secondary N) is 1. The summed E-state index contributed by atoms with van der Waals surface area (Å²) in [5, 5.41) is 2.72. The fourth-order valence-corrected chi connectivity index (χ4v) is 4.09. The fourth-order valence-electron chi connectivity index (χ4n) is 4.09. The van der Waals surface area contributed by atoms with Gasteiger partial charge in [-0.3, -0.25) is 4.79 Å². The summed E-state index contributed by atoms with van der Waals surface area (Å²) in [5.74, 6) is 0.923. The average Bonchev–Trinajstić information content (AvgIpc) is 2.87. The van der Waals surface area contributed by atoms with E-state index < -0.39 is 11.9 Å². The van der Waals surface area contributed by atoms with Crippen molar-refractivity contribution in [3.8, 4) is 17.4 Å². The van der Waals surface area contributed by atoms with Crippen LogP contribution >= 0.6 is 0 Å². The molecule has 2 aromatic carbocycles. The summed E-state index contributed by atoms with van der Waals surface area (Å²) < 4.78 is 16.8. The molecule has 4 rings (SSSR count). The van der Waals surface area contributed by atoms with Gasteiger partial charge in [0.15, 0.2) is 0 Å². The summed E-state index contributed by atoms with van der Waals surface area (Å²) in [6.07, 6.45) is 10.3. The van der Waals surface area contributed by atoms with Crippen molar-refractivity contribution in [2.75, 3.05) is 12.4 Å². The van der Waals surface area contributed by atoms with Gasteiger partial charge >= 0.3 is 5.97 Å². The van der Waals surface area contributed by atoms with E-state index in [9.17, 15) is 9.59 Å². The largest absolute Gasteiger partial charge is 0.490 e. The standard InChI is InChI=1S/C28H30N2O5/c1-33-28(32)24-11-7-8-12-25(24)30-27(31)20-13-18-26(29-19-20)35-23-16-14-22(15-17-23)34-21-9-5-3-2-4-6-10-21/h7-8,11-19,21H,2-6,9-10H2,1H3,(H,30,31). The van der Waals surface area contributed by atoms with Crippen molar-refractivity contribution in [3.63, 3.8) is 0 Å². The topological polar surface area (TPSA) is 86.8 Å². The molecule has 1 aliphatic carbocycles. The second kappa shape index (κ2) is 12.0. The van der Waals surface area contributed by atoms with Crippen molar-refractivity contribution in [1.82, 2.24) is 4.98 Å². The van der Waals surface area contributed by atoms with Crippen molar-refractivity contribution < 1.29 is 23.8 Å². The van der Waals surface area contributed by atoms with Crippen LogP contribution in [-0.4, -0.2) is 30.1 Å². The van der Waals surface area contributed by atoms with Crippen LogP contribution in [0.2, 0.25) is 0 Å². The summed E-state index contributed by atoms with van der Waals surface area (Å²) in [7, 11) is 1.29. The molecule has 0 bridgehead atoms. The van der Waals surface area contributed by atoms with E-state index in [1.807, 2.05) is 24.3 Å². The molecular weight excluding hydrogens is 444 g/mol. The Bertz CT molecular complexity index is 1120. The van der Waals surface area contributed by atoms with Crippen molar-refractivity contribution in [1.29, 1.82) is 0 Å². The molecule has 1 aromatic heterocycles. The smallest absolute Gasteiger partial charge is 0.339 e. The van der Waals surface area contributed by atoms with Crippen molar-refractivity contribution >= 4 is 17.6 Å². The number of anilines is 1. The minimum Gasteiger partial charge on any atom is -0.490 e. The SMILES string of the molecule is COC(=O)c1ccccc1NC(=O)c1ccc(Oc2ccc(OC3CCCCCCC3)cc2)nc1. The minimum atomic E-state index is -0.524. The molecule has 0 radical (unpaired) electrons. The zero-order chi connectivity index (χ0) is 24.5. The van der Waals surface area contributed by atoms with Crippen LogP contribution in [0, 0.1) is 0 Å². The van der Waals surface area contributed by atoms with Gasteiger partial charge in [0.05, 0.1) is 30.0 Å². The monoisotopic (exact) mass is 474 g/mol. The minimum absolute atomic E-state index is 0.276. The van der Waals surface area contributed by atoms with Crippen LogP contribution in [0.15, 0.2) is 66.9 Å². The third kappa shape index (κ3) is 6.82. The number of amides is 1. The number of esters is 1. The van der Waals surface area contributed by atoms with Gasteiger partial charge in [0.2, 0.25) is 5.88 Å². The van der Waals surface area contributed by atoms with Crippen molar-refractivity contribution in [2.24, 2.45) is 0 Å². The zero-order valence-corrected chi connectivity index (χ0v) is 19.9. The van der Waals surface area contributed by atoms with Crippen LogP contribution in [0.3, 0.4) is 0 Å². The number of benzene rings is 2. The van der Waals surface area contributed by atoms with E-state index in [-0.39, 0.29) is 11.7 Å². The van der Waals surface area contributed by atoms with Gasteiger partial charge in [-0.25, -0.2) is 9.78 Å². The van der Waals surface area contributed by atoms with Crippen LogP contribution in [-0.2, 0) is 4.74 Å². The highest BCUT2D eigenvalue weighted by Crippen LogP contribution is 2.26. The summed E-state index contributed by atoms with van der Waals surface area (Å²) in [4.78, 5) is 28.8. The Morgan fingerprint density at radius 3 is 2.23 bits per heavy atom. The third-order valence-corrected chi connectivity index (χ3v) is 5.98. The maximum Gasteiger partial charge on any atom is 0.339 e. The van der Waals surface area contributed by atoms with Gasteiger partial charge in [0, 0.05) is 12.3 Å². The van der Waals surface area contributed by atoms with Gasteiger partial charge in [-0.1, -0.05) is 31.4 Å². The first kappa shape index (κ1) is 24.3. The Labute approximate surface area is 205 Å². The lowest BCUT2D eigenvalue weighted by molar-refractivity contribution is 0.0602. The number of hydrogen-bond donors (Lipinski definition) is 1. The number of hydrogen-bond acceptors (Lipinski definition) is 6. The number of carbonyl (C=O) groups is 2. The van der Waals surface area contributed by atoms with Gasteiger partial charge in [-0.2, -0.15) is 0 Å². The summed E-state index contributed by atoms with van der Waals surface area (Å²) >= 11 is 0. The zero-order valence-electron chi connectivity index (χ0n) is 19.9. The van der Waals surface area contributed by atoms with Gasteiger partial charge in [-0.15, -0.1) is 0 Å². The van der Waals surface area contributed by atoms with Gasteiger partial charge < -0.3 is 19.5 Å². The van der Waals surface area contributed by atoms with E-state index >= 15 is 0 Å². The van der Waals surface area contributed by atoms with E-state index in [1.54, 1.807) is 36.4 Å². The van der Waals surface area contributed by atoms with Gasteiger partial charge in [0.25, 0.3) is 5.91 Å². The Hall–Kier alpha value is -3.87. The molecule has 7 heteroatoms. The molecule has 1 N–H and O–H groups in total. The Morgan fingerprint density at radius 2 is 1.54 bits per heavy atom. The number of ether oxygens (including phenoxy) is 3. The molecule has 35 heavy (non-hydrogen) atoms. The first-order chi connectivity index (χ1) is 17.1. The Morgan fingerprint density at radius 1 is 0.857 bits per heavy atom. The first-order valence-corrected chi connectivity index (χ1v) is 12.0. The molecule has 1 saturated carbocycles. The highest BCUT2D eigenvalue weighted by Gasteiger charge is 2.15. The summed E-state index contributed by atoms with van der Waals surface area (Å²) in [6.45, 7) is 0. The van der Waals surface area contributed by atoms with Crippen LogP contribution < -0.4 is 14.8 Å². The van der Waals surface area contributed by atoms with E-state index in [2.05, 4.69) is 10.3 Å². The Balaban J connectivity index is 1.33. The number of methoxy groups -OCH3 is 1. The summed E-state index contributed by atoms with van der Waals surface area (Å²) in [6, 6.07) is 17.4. The van der Waals surface area contributed by atoms with E-state index in [1.165, 1.54) is 45.4 Å².